The second-order valence-electron chi connectivity index (χ2n) is 11.3. The molecule has 0 aliphatic carbocycles. The number of thiazole rings is 1. The van der Waals surface area contributed by atoms with Crippen molar-refractivity contribution in [2.24, 2.45) is 0 Å². The number of hydrogen-bond acceptors (Lipinski definition) is 9. The number of benzene rings is 4. The normalized spacial score (nSPS) is 11.4. The molecular weight excluding hydrogens is 828 g/mol. The van der Waals surface area contributed by atoms with Gasteiger partial charge in [0.15, 0.2) is 5.89 Å². The molecule has 0 N–H and O–H groups in total. The summed E-state index contributed by atoms with van der Waals surface area (Å²) in [5.41, 5.74) is 8.32. The Morgan fingerprint density at radius 2 is 1.38 bits per heavy atom. The van der Waals surface area contributed by atoms with Gasteiger partial charge in [0.2, 0.25) is 11.8 Å². The predicted molar refractivity (Wildman–Crippen MR) is 187 cm³/mol. The fourth-order valence-electron chi connectivity index (χ4n) is 6.17. The minimum absolute atomic E-state index is 0. The minimum Gasteiger partial charge on any atom is -0.453 e. The average Bonchev–Trinajstić information content (AvgIpc) is 4.00. The van der Waals surface area contributed by atoms with E-state index in [1.807, 2.05) is 48.5 Å². The Kier molecular flexibility index (Phi) is 7.33. The minimum atomic E-state index is 0. The molecule has 0 unspecified atom stereocenters. The van der Waals surface area contributed by atoms with Gasteiger partial charge in [-0.05, 0) is 58.2 Å². The van der Waals surface area contributed by atoms with Gasteiger partial charge in [-0.25, -0.2) is 15.0 Å². The van der Waals surface area contributed by atoms with Crippen molar-refractivity contribution in [1.82, 2.24) is 29.5 Å². The number of hydrogen-bond donors (Lipinski definition) is 0. The van der Waals surface area contributed by atoms with Crippen LogP contribution in [0.25, 0.3) is 93.9 Å². The first-order chi connectivity index (χ1) is 24.3. The molecule has 0 amide bonds. The number of rotatable bonds is 6. The molecule has 10 rings (SSSR count). The summed E-state index contributed by atoms with van der Waals surface area (Å²) in [5.74, 6) is 1.53. The molecule has 50 heavy (non-hydrogen) atoms. The zero-order valence-corrected chi connectivity index (χ0v) is 28.8. The van der Waals surface area contributed by atoms with Crippen molar-refractivity contribution >= 4 is 43.4 Å². The first-order valence-corrected chi connectivity index (χ1v) is 16.2. The van der Waals surface area contributed by atoms with Crippen molar-refractivity contribution < 1.29 is 34.3 Å². The zero-order chi connectivity index (χ0) is 32.3. The van der Waals surface area contributed by atoms with E-state index in [1.165, 1.54) is 0 Å². The maximum Gasteiger partial charge on any atom is 2.00 e. The van der Waals surface area contributed by atoms with Gasteiger partial charge in [0.1, 0.15) is 18.8 Å². The molecule has 11 heteroatoms. The van der Waals surface area contributed by atoms with Crippen molar-refractivity contribution in [3.63, 3.8) is 0 Å². The quantitative estimate of drug-likeness (QED) is 0.152. The topological polar surface area (TPSA) is 109 Å². The summed E-state index contributed by atoms with van der Waals surface area (Å²) >= 11 is 1.64. The van der Waals surface area contributed by atoms with E-state index in [4.69, 9.17) is 23.2 Å². The van der Waals surface area contributed by atoms with E-state index in [-0.39, 0.29) is 21.1 Å². The molecule has 0 saturated heterocycles. The van der Waals surface area contributed by atoms with Crippen LogP contribution >= 0.6 is 11.3 Å². The van der Waals surface area contributed by atoms with Gasteiger partial charge < -0.3 is 22.8 Å². The first-order valence-electron chi connectivity index (χ1n) is 15.4. The molecular formula is C39H20N6O3PtS. The number of oxazole rings is 3. The number of nitrogens with zero attached hydrogens (tertiary/aromatic N) is 6. The third-order valence-electron chi connectivity index (χ3n) is 8.41. The van der Waals surface area contributed by atoms with Crippen LogP contribution in [0.2, 0.25) is 0 Å². The summed E-state index contributed by atoms with van der Waals surface area (Å²) in [5, 5.41) is 2.89. The van der Waals surface area contributed by atoms with Crippen LogP contribution in [-0.2, 0) is 21.1 Å². The van der Waals surface area contributed by atoms with Crippen molar-refractivity contribution in [2.45, 2.75) is 0 Å². The van der Waals surface area contributed by atoms with Gasteiger partial charge in [-0.15, -0.1) is 47.5 Å². The Labute approximate surface area is 302 Å². The second-order valence-corrected chi connectivity index (χ2v) is 12.3. The van der Waals surface area contributed by atoms with E-state index in [9.17, 15) is 0 Å². The fraction of sp³-hybridized carbons (Fsp3) is 0. The molecule has 10 aromatic rings. The summed E-state index contributed by atoms with van der Waals surface area (Å²) in [6.07, 6.45) is 11.3. The molecule has 4 aromatic carbocycles. The van der Waals surface area contributed by atoms with E-state index in [1.54, 1.807) is 54.9 Å². The van der Waals surface area contributed by atoms with Crippen molar-refractivity contribution in [3.05, 3.63) is 135 Å². The van der Waals surface area contributed by atoms with Crippen molar-refractivity contribution in [2.75, 3.05) is 0 Å². The molecule has 0 aliphatic heterocycles. The van der Waals surface area contributed by atoms with Gasteiger partial charge in [0.05, 0.1) is 29.7 Å². The third-order valence-corrected chi connectivity index (χ3v) is 9.48. The van der Waals surface area contributed by atoms with E-state index in [0.717, 1.165) is 76.2 Å². The van der Waals surface area contributed by atoms with Crippen LogP contribution < -0.4 is 0 Å². The van der Waals surface area contributed by atoms with E-state index >= 15 is 0 Å². The third kappa shape index (κ3) is 5.00. The molecule has 0 fully saturated rings. The van der Waals surface area contributed by atoms with E-state index < -0.39 is 0 Å². The molecule has 0 aliphatic rings. The Bertz CT molecular complexity index is 2740. The van der Waals surface area contributed by atoms with Gasteiger partial charge >= 0.3 is 21.1 Å². The van der Waals surface area contributed by atoms with Crippen LogP contribution in [0.1, 0.15) is 0 Å². The van der Waals surface area contributed by atoms with Gasteiger partial charge in [-0.3, -0.25) is 4.98 Å². The van der Waals surface area contributed by atoms with Crippen LogP contribution in [0.5, 0.6) is 0 Å². The molecule has 0 atom stereocenters. The largest absolute Gasteiger partial charge is 2.00 e. The average molecular weight is 848 g/mol. The predicted octanol–water partition coefficient (Wildman–Crippen LogP) is 9.69. The number of aromatic nitrogens is 6. The summed E-state index contributed by atoms with van der Waals surface area (Å²) in [6, 6.07) is 33.8. The summed E-state index contributed by atoms with van der Waals surface area (Å²) < 4.78 is 20.3. The molecule has 0 radical (unpaired) electrons. The van der Waals surface area contributed by atoms with Crippen LogP contribution in [0.4, 0.5) is 0 Å². The Hall–Kier alpha value is -5.96. The maximum atomic E-state index is 5.86. The zero-order valence-electron chi connectivity index (χ0n) is 25.7. The first kappa shape index (κ1) is 30.1. The van der Waals surface area contributed by atoms with Gasteiger partial charge in [-0.1, -0.05) is 29.7 Å². The molecule has 0 spiro atoms. The monoisotopic (exact) mass is 847 g/mol. The smallest absolute Gasteiger partial charge is 0.453 e. The van der Waals surface area contributed by atoms with E-state index in [0.29, 0.717) is 17.7 Å². The standard InChI is InChI=1S/C39H20N6O3S.Pt/c1-2-4-35-31(3-1)44-39(49-35)25-6-9-27-29-19-24(36-40-13-16-46-36)8-12-32(29)45(33(27)21-25)34-20-23(5-10-28(34)38-42-15-18-48-38)30-11-7-26(22-43-30)37-41-14-17-47-37;/h1-19,22H;/q-2;+2. The van der Waals surface area contributed by atoms with Crippen LogP contribution in [-0.4, -0.2) is 29.5 Å². The number of para-hydroxylation sites is 1. The molecule has 240 valence electrons. The molecule has 9 nitrogen and oxygen atoms in total. The van der Waals surface area contributed by atoms with Crippen LogP contribution in [0.15, 0.2) is 136 Å². The molecule has 6 heterocycles. The Morgan fingerprint density at radius 3 is 2.12 bits per heavy atom. The van der Waals surface area contributed by atoms with Crippen LogP contribution in [0, 0.1) is 12.1 Å². The Balaban J connectivity index is 0.00000336. The van der Waals surface area contributed by atoms with Gasteiger partial charge in [0.25, 0.3) is 0 Å². The summed E-state index contributed by atoms with van der Waals surface area (Å²) in [4.78, 5) is 22.9. The summed E-state index contributed by atoms with van der Waals surface area (Å²) in [6.45, 7) is 0. The van der Waals surface area contributed by atoms with E-state index in [2.05, 4.69) is 62.0 Å². The van der Waals surface area contributed by atoms with Crippen LogP contribution in [0.3, 0.4) is 0 Å². The summed E-state index contributed by atoms with van der Waals surface area (Å²) in [7, 11) is 0. The molecule has 0 bridgehead atoms. The van der Waals surface area contributed by atoms with Crippen molar-refractivity contribution in [3.8, 4) is 61.9 Å². The van der Waals surface area contributed by atoms with Gasteiger partial charge in [-0.2, -0.15) is 11.3 Å². The van der Waals surface area contributed by atoms with Crippen molar-refractivity contribution in [1.29, 1.82) is 0 Å². The Morgan fingerprint density at radius 1 is 0.640 bits per heavy atom. The van der Waals surface area contributed by atoms with Gasteiger partial charge in [0, 0.05) is 27.0 Å². The SMILES string of the molecule is [Pt+2].[c-]1c(-c2ccc(-c3ncco3)cn2)ccc(-c2ncco2)c1-n1c2[c-]c(-c3nc4ccccc4s3)ccc2c2cc(-c3ncco3)ccc21. The fourth-order valence-corrected chi connectivity index (χ4v) is 7.12. The maximum absolute atomic E-state index is 5.86. The molecule has 6 aromatic heterocycles. The number of fused-ring (bicyclic) bond motifs is 4. The number of pyridine rings is 1. The second kappa shape index (κ2) is 12.2. The molecule has 0 saturated carbocycles.